The third-order valence-corrected chi connectivity index (χ3v) is 4.07. The molecule has 114 valence electrons. The van der Waals surface area contributed by atoms with Gasteiger partial charge in [-0.15, -0.1) is 0 Å². The summed E-state index contributed by atoms with van der Waals surface area (Å²) in [6, 6.07) is 3.93. The standard InChI is InChI=1S/C12H15FN4O3S/c1-8-16-12(17-20-8)7-15-21(18,19)11-5-9(6-14-2)3-4-10(11)13/h3-5,14-15H,6-7H2,1-2H3. The van der Waals surface area contributed by atoms with Crippen molar-refractivity contribution in [3.8, 4) is 0 Å². The lowest BCUT2D eigenvalue weighted by atomic mass is 10.2. The Hall–Kier alpha value is -1.84. The normalized spacial score (nSPS) is 11.8. The van der Waals surface area contributed by atoms with Gasteiger partial charge in [-0.2, -0.15) is 4.98 Å². The molecule has 1 heterocycles. The molecular formula is C12H15FN4O3S. The van der Waals surface area contributed by atoms with E-state index in [-0.39, 0.29) is 12.4 Å². The van der Waals surface area contributed by atoms with Crippen LogP contribution in [0.2, 0.25) is 0 Å². The monoisotopic (exact) mass is 314 g/mol. The Morgan fingerprint density at radius 3 is 2.71 bits per heavy atom. The van der Waals surface area contributed by atoms with Crippen molar-refractivity contribution in [2.45, 2.75) is 24.9 Å². The molecular weight excluding hydrogens is 299 g/mol. The third kappa shape index (κ3) is 3.84. The van der Waals surface area contributed by atoms with E-state index in [0.717, 1.165) is 6.07 Å². The van der Waals surface area contributed by atoms with Gasteiger partial charge in [0.15, 0.2) is 5.82 Å². The highest BCUT2D eigenvalue weighted by atomic mass is 32.2. The van der Waals surface area contributed by atoms with Gasteiger partial charge in [-0.25, -0.2) is 17.5 Å². The molecule has 1 aromatic carbocycles. The van der Waals surface area contributed by atoms with Gasteiger partial charge < -0.3 is 9.84 Å². The predicted molar refractivity (Wildman–Crippen MR) is 72.2 cm³/mol. The number of aromatic nitrogens is 2. The van der Waals surface area contributed by atoms with Crippen LogP contribution in [0.1, 0.15) is 17.3 Å². The fraction of sp³-hybridized carbons (Fsp3) is 0.333. The Kier molecular flexibility index (Phi) is 4.66. The molecule has 1 aromatic heterocycles. The number of hydrogen-bond donors (Lipinski definition) is 2. The van der Waals surface area contributed by atoms with Gasteiger partial charge in [0.2, 0.25) is 15.9 Å². The average molecular weight is 314 g/mol. The maximum absolute atomic E-state index is 13.7. The van der Waals surface area contributed by atoms with Crippen molar-refractivity contribution in [1.82, 2.24) is 20.2 Å². The minimum Gasteiger partial charge on any atom is -0.340 e. The molecule has 0 saturated carbocycles. The first-order valence-corrected chi connectivity index (χ1v) is 7.62. The first kappa shape index (κ1) is 15.5. The van der Waals surface area contributed by atoms with Crippen LogP contribution in [0, 0.1) is 12.7 Å². The molecule has 0 aliphatic heterocycles. The molecule has 9 heteroatoms. The van der Waals surface area contributed by atoms with Gasteiger partial charge in [-0.1, -0.05) is 11.2 Å². The topological polar surface area (TPSA) is 97.1 Å². The summed E-state index contributed by atoms with van der Waals surface area (Å²) >= 11 is 0. The molecule has 7 nitrogen and oxygen atoms in total. The highest BCUT2D eigenvalue weighted by molar-refractivity contribution is 7.89. The van der Waals surface area contributed by atoms with Gasteiger partial charge in [-0.05, 0) is 24.7 Å². The maximum atomic E-state index is 13.7. The second-order valence-electron chi connectivity index (χ2n) is 4.35. The molecule has 2 rings (SSSR count). The molecule has 0 saturated heterocycles. The van der Waals surface area contributed by atoms with Crippen molar-refractivity contribution in [1.29, 1.82) is 0 Å². The van der Waals surface area contributed by atoms with Crippen molar-refractivity contribution in [2.24, 2.45) is 0 Å². The average Bonchev–Trinajstić information content (AvgIpc) is 2.85. The van der Waals surface area contributed by atoms with E-state index < -0.39 is 20.7 Å². The smallest absolute Gasteiger partial charge is 0.243 e. The van der Waals surface area contributed by atoms with E-state index in [0.29, 0.717) is 18.0 Å². The number of sulfonamides is 1. The predicted octanol–water partition coefficient (Wildman–Crippen LogP) is 0.715. The van der Waals surface area contributed by atoms with E-state index in [4.69, 9.17) is 4.52 Å². The van der Waals surface area contributed by atoms with Crippen LogP contribution in [-0.2, 0) is 23.1 Å². The van der Waals surface area contributed by atoms with Crippen LogP contribution in [0.3, 0.4) is 0 Å². The lowest BCUT2D eigenvalue weighted by Gasteiger charge is -2.08. The van der Waals surface area contributed by atoms with Crippen LogP contribution in [0.5, 0.6) is 0 Å². The van der Waals surface area contributed by atoms with Gasteiger partial charge in [0, 0.05) is 13.5 Å². The Morgan fingerprint density at radius 1 is 1.33 bits per heavy atom. The first-order chi connectivity index (χ1) is 9.92. The highest BCUT2D eigenvalue weighted by Gasteiger charge is 2.20. The zero-order valence-electron chi connectivity index (χ0n) is 11.6. The lowest BCUT2D eigenvalue weighted by Crippen LogP contribution is -2.25. The summed E-state index contributed by atoms with van der Waals surface area (Å²) in [4.78, 5) is 3.46. The number of aryl methyl sites for hydroxylation is 1. The van der Waals surface area contributed by atoms with Gasteiger partial charge in [0.1, 0.15) is 10.7 Å². The van der Waals surface area contributed by atoms with Crippen LogP contribution >= 0.6 is 0 Å². The Balaban J connectivity index is 2.20. The van der Waals surface area contributed by atoms with E-state index in [1.165, 1.54) is 12.1 Å². The minimum atomic E-state index is -4.00. The number of nitrogens with one attached hydrogen (secondary N) is 2. The van der Waals surface area contributed by atoms with E-state index in [1.807, 2.05) is 0 Å². The highest BCUT2D eigenvalue weighted by Crippen LogP contribution is 2.16. The second-order valence-corrected chi connectivity index (χ2v) is 6.08. The van der Waals surface area contributed by atoms with Crippen molar-refractivity contribution in [3.05, 3.63) is 41.3 Å². The Labute approximate surface area is 121 Å². The molecule has 2 N–H and O–H groups in total. The van der Waals surface area contributed by atoms with Gasteiger partial charge >= 0.3 is 0 Å². The van der Waals surface area contributed by atoms with Crippen LogP contribution in [0.15, 0.2) is 27.6 Å². The van der Waals surface area contributed by atoms with Crippen molar-refractivity contribution in [3.63, 3.8) is 0 Å². The molecule has 0 amide bonds. The summed E-state index contributed by atoms with van der Waals surface area (Å²) in [7, 11) is -2.28. The quantitative estimate of drug-likeness (QED) is 0.815. The van der Waals surface area contributed by atoms with Crippen molar-refractivity contribution in [2.75, 3.05) is 7.05 Å². The molecule has 0 radical (unpaired) electrons. The van der Waals surface area contributed by atoms with E-state index in [9.17, 15) is 12.8 Å². The van der Waals surface area contributed by atoms with Crippen molar-refractivity contribution < 1.29 is 17.3 Å². The number of benzene rings is 1. The fourth-order valence-corrected chi connectivity index (χ4v) is 2.82. The Morgan fingerprint density at radius 2 is 2.10 bits per heavy atom. The molecule has 0 unspecified atom stereocenters. The van der Waals surface area contributed by atoms with E-state index >= 15 is 0 Å². The molecule has 0 atom stereocenters. The summed E-state index contributed by atoms with van der Waals surface area (Å²) in [5.74, 6) is -0.305. The van der Waals surface area contributed by atoms with Crippen LogP contribution < -0.4 is 10.0 Å². The zero-order valence-corrected chi connectivity index (χ0v) is 12.4. The van der Waals surface area contributed by atoms with Crippen LogP contribution in [0.4, 0.5) is 4.39 Å². The molecule has 21 heavy (non-hydrogen) atoms. The van der Waals surface area contributed by atoms with Crippen LogP contribution in [-0.4, -0.2) is 25.6 Å². The number of hydrogen-bond acceptors (Lipinski definition) is 6. The SMILES string of the molecule is CNCc1ccc(F)c(S(=O)(=O)NCc2noc(C)n2)c1. The van der Waals surface area contributed by atoms with Gasteiger partial charge in [-0.3, -0.25) is 0 Å². The number of halogens is 1. The Bertz CT molecular complexity index is 730. The third-order valence-electron chi connectivity index (χ3n) is 2.66. The fourth-order valence-electron chi connectivity index (χ4n) is 1.72. The second kappa shape index (κ2) is 6.29. The largest absolute Gasteiger partial charge is 0.340 e. The molecule has 2 aromatic rings. The van der Waals surface area contributed by atoms with E-state index in [2.05, 4.69) is 20.2 Å². The molecule has 0 aliphatic rings. The van der Waals surface area contributed by atoms with E-state index in [1.54, 1.807) is 14.0 Å². The summed E-state index contributed by atoms with van der Waals surface area (Å²) in [6.45, 7) is 1.86. The first-order valence-electron chi connectivity index (χ1n) is 6.14. The van der Waals surface area contributed by atoms with Gasteiger partial charge in [0.25, 0.3) is 0 Å². The molecule has 0 spiro atoms. The summed E-state index contributed by atoms with van der Waals surface area (Å²) in [6.07, 6.45) is 0. The summed E-state index contributed by atoms with van der Waals surface area (Å²) in [5.41, 5.74) is 0.662. The minimum absolute atomic E-state index is 0.171. The van der Waals surface area contributed by atoms with Crippen LogP contribution in [0.25, 0.3) is 0 Å². The zero-order chi connectivity index (χ0) is 15.5. The molecule has 0 bridgehead atoms. The maximum Gasteiger partial charge on any atom is 0.243 e. The van der Waals surface area contributed by atoms with Gasteiger partial charge in [0.05, 0.1) is 6.54 Å². The number of nitrogens with zero attached hydrogens (tertiary/aromatic N) is 2. The summed E-state index contributed by atoms with van der Waals surface area (Å²) < 4.78 is 45.0. The van der Waals surface area contributed by atoms with Crippen molar-refractivity contribution >= 4 is 10.0 Å². The molecule has 0 fully saturated rings. The lowest BCUT2D eigenvalue weighted by molar-refractivity contribution is 0.387. The summed E-state index contributed by atoms with van der Waals surface area (Å²) in [5, 5.41) is 6.44. The molecule has 0 aliphatic carbocycles. The number of rotatable bonds is 6.